The molecule has 12 aromatic carbocycles. The van der Waals surface area contributed by atoms with Crippen molar-refractivity contribution in [2.45, 2.75) is 5.41 Å². The second-order valence-electron chi connectivity index (χ2n) is 17.1. The highest BCUT2D eigenvalue weighted by Gasteiger charge is 2.45. The lowest BCUT2D eigenvalue weighted by atomic mass is 9.67. The molecule has 0 nitrogen and oxygen atoms in total. The highest BCUT2D eigenvalue weighted by atomic mass is 14.5. The molecule has 0 unspecified atom stereocenters. The molecule has 292 valence electrons. The molecule has 12 aromatic rings. The molecule has 0 aliphatic heterocycles. The maximum atomic E-state index is 2.49. The van der Waals surface area contributed by atoms with E-state index in [1.165, 1.54) is 121 Å². The van der Waals surface area contributed by atoms with Crippen molar-refractivity contribution in [3.63, 3.8) is 0 Å². The molecule has 0 radical (unpaired) electrons. The Morgan fingerprint density at radius 3 is 1.22 bits per heavy atom. The Hall–Kier alpha value is -8.06. The summed E-state index contributed by atoms with van der Waals surface area (Å²) in [6.07, 6.45) is 0. The van der Waals surface area contributed by atoms with Crippen LogP contribution >= 0.6 is 0 Å². The van der Waals surface area contributed by atoms with Crippen LogP contribution in [0.2, 0.25) is 0 Å². The van der Waals surface area contributed by atoms with E-state index in [4.69, 9.17) is 0 Å². The van der Waals surface area contributed by atoms with E-state index in [1.54, 1.807) is 0 Å². The first-order chi connectivity index (χ1) is 31.2. The fraction of sp³-hybridized carbons (Fsp3) is 0.0159. The number of benzene rings is 12. The van der Waals surface area contributed by atoms with Crippen molar-refractivity contribution in [2.75, 3.05) is 0 Å². The van der Waals surface area contributed by atoms with Crippen molar-refractivity contribution < 1.29 is 0 Å². The third-order valence-corrected chi connectivity index (χ3v) is 13.9. The normalized spacial score (nSPS) is 12.9. The molecule has 0 aromatic heterocycles. The highest BCUT2D eigenvalue weighted by Crippen LogP contribution is 2.56. The van der Waals surface area contributed by atoms with Gasteiger partial charge in [-0.05, 0) is 139 Å². The summed E-state index contributed by atoms with van der Waals surface area (Å²) >= 11 is 0. The predicted molar refractivity (Wildman–Crippen MR) is 268 cm³/mol. The summed E-state index contributed by atoms with van der Waals surface area (Å²) in [4.78, 5) is 0. The first kappa shape index (κ1) is 35.7. The van der Waals surface area contributed by atoms with Crippen molar-refractivity contribution >= 4 is 53.9 Å². The smallest absolute Gasteiger partial charge is 0.0622 e. The molecule has 0 bridgehead atoms. The van der Waals surface area contributed by atoms with Crippen LogP contribution in [-0.2, 0) is 5.41 Å². The van der Waals surface area contributed by atoms with Crippen LogP contribution in [0.15, 0.2) is 243 Å². The lowest BCUT2D eigenvalue weighted by Crippen LogP contribution is -2.28. The minimum atomic E-state index is -0.448. The van der Waals surface area contributed by atoms with Crippen LogP contribution in [0.25, 0.3) is 98.4 Å². The van der Waals surface area contributed by atoms with Gasteiger partial charge in [-0.3, -0.25) is 0 Å². The number of hydrogen-bond acceptors (Lipinski definition) is 0. The monoisotopic (exact) mass is 796 g/mol. The molecule has 0 fully saturated rings. The zero-order chi connectivity index (χ0) is 41.5. The Morgan fingerprint density at radius 1 is 0.222 bits per heavy atom. The summed E-state index contributed by atoms with van der Waals surface area (Å²) in [6.45, 7) is 0. The van der Waals surface area contributed by atoms with Gasteiger partial charge < -0.3 is 0 Å². The maximum absolute atomic E-state index is 2.49. The summed E-state index contributed by atoms with van der Waals surface area (Å²) in [7, 11) is 0. The SMILES string of the molecule is c1ccc(C2(c3ccccc3)c3cccc4ccc5cc(-c6ccc(-c7c8ccccc8c(-c8ccc(-c9ccc%10ccccc%10c9)cc8)c8ccccc78)cc6)cc2c5c34)cc1. The summed E-state index contributed by atoms with van der Waals surface area (Å²) in [5, 5.41) is 12.8. The van der Waals surface area contributed by atoms with Gasteiger partial charge in [-0.25, -0.2) is 0 Å². The first-order valence-corrected chi connectivity index (χ1v) is 22.0. The van der Waals surface area contributed by atoms with E-state index in [0.717, 1.165) is 0 Å². The second-order valence-corrected chi connectivity index (χ2v) is 17.1. The number of rotatable bonds is 6. The van der Waals surface area contributed by atoms with Gasteiger partial charge >= 0.3 is 0 Å². The van der Waals surface area contributed by atoms with Gasteiger partial charge in [0, 0.05) is 0 Å². The Bertz CT molecular complexity index is 3650. The fourth-order valence-electron chi connectivity index (χ4n) is 11.1. The van der Waals surface area contributed by atoms with Gasteiger partial charge in [0.2, 0.25) is 0 Å². The number of hydrogen-bond donors (Lipinski definition) is 0. The molecular weight excluding hydrogens is 757 g/mol. The topological polar surface area (TPSA) is 0 Å². The van der Waals surface area contributed by atoms with E-state index in [1.807, 2.05) is 0 Å². The van der Waals surface area contributed by atoms with E-state index >= 15 is 0 Å². The minimum absolute atomic E-state index is 0.448. The molecular formula is C63H40. The highest BCUT2D eigenvalue weighted by molar-refractivity contribution is 6.22. The quantitative estimate of drug-likeness (QED) is 0.116. The maximum Gasteiger partial charge on any atom is 0.0714 e. The van der Waals surface area contributed by atoms with Crippen molar-refractivity contribution in [1.82, 2.24) is 0 Å². The van der Waals surface area contributed by atoms with Crippen molar-refractivity contribution in [3.8, 4) is 44.5 Å². The molecule has 1 aliphatic carbocycles. The lowest BCUT2D eigenvalue weighted by Gasteiger charge is -2.34. The van der Waals surface area contributed by atoms with E-state index < -0.39 is 5.41 Å². The van der Waals surface area contributed by atoms with Gasteiger partial charge in [-0.2, -0.15) is 0 Å². The molecule has 0 heteroatoms. The first-order valence-electron chi connectivity index (χ1n) is 22.0. The lowest BCUT2D eigenvalue weighted by molar-refractivity contribution is 0.771. The van der Waals surface area contributed by atoms with Crippen molar-refractivity contribution in [1.29, 1.82) is 0 Å². The molecule has 13 rings (SSSR count). The van der Waals surface area contributed by atoms with Crippen molar-refractivity contribution in [2.24, 2.45) is 0 Å². The summed E-state index contributed by atoms with van der Waals surface area (Å²) < 4.78 is 0. The van der Waals surface area contributed by atoms with E-state index in [0.29, 0.717) is 0 Å². The molecule has 0 N–H and O–H groups in total. The Labute approximate surface area is 367 Å². The summed E-state index contributed by atoms with van der Waals surface area (Å²) in [6, 6.07) is 90.4. The largest absolute Gasteiger partial charge is 0.0714 e. The standard InChI is InChI=1S/C63H40/c1-3-17-51(18-4-1)63(52-19-5-2-6-20-52)57-25-13-16-44-35-37-49-39-50(40-58(63)62(49)61(44)57)43-28-33-46(34-29-43)60-55-23-11-9-21-53(55)59(54-22-10-12-24-56(54)60)45-31-26-42(27-32-45)48-36-30-41-14-7-8-15-47(41)38-48/h1-40H. The summed E-state index contributed by atoms with van der Waals surface area (Å²) in [5.41, 5.74) is 14.7. The van der Waals surface area contributed by atoms with Gasteiger partial charge in [0.1, 0.15) is 0 Å². The van der Waals surface area contributed by atoms with Crippen LogP contribution in [0.1, 0.15) is 22.3 Å². The van der Waals surface area contributed by atoms with Crippen LogP contribution in [0.3, 0.4) is 0 Å². The molecule has 0 amide bonds. The Balaban J connectivity index is 0.949. The van der Waals surface area contributed by atoms with Crippen LogP contribution in [-0.4, -0.2) is 0 Å². The molecule has 0 saturated carbocycles. The van der Waals surface area contributed by atoms with E-state index in [9.17, 15) is 0 Å². The molecule has 0 saturated heterocycles. The molecule has 63 heavy (non-hydrogen) atoms. The molecule has 1 aliphatic rings. The van der Waals surface area contributed by atoms with E-state index in [2.05, 4.69) is 243 Å². The Morgan fingerprint density at radius 2 is 0.635 bits per heavy atom. The zero-order valence-corrected chi connectivity index (χ0v) is 34.6. The third-order valence-electron chi connectivity index (χ3n) is 13.9. The van der Waals surface area contributed by atoms with Crippen LogP contribution in [0.5, 0.6) is 0 Å². The van der Waals surface area contributed by atoms with Crippen LogP contribution < -0.4 is 0 Å². The predicted octanol–water partition coefficient (Wildman–Crippen LogP) is 16.8. The van der Waals surface area contributed by atoms with Gasteiger partial charge in [-0.1, -0.05) is 224 Å². The summed E-state index contributed by atoms with van der Waals surface area (Å²) in [5.74, 6) is 0. The van der Waals surface area contributed by atoms with Gasteiger partial charge in [-0.15, -0.1) is 0 Å². The Kier molecular flexibility index (Phi) is 7.92. The van der Waals surface area contributed by atoms with E-state index in [-0.39, 0.29) is 0 Å². The second kappa shape index (κ2) is 14.0. The van der Waals surface area contributed by atoms with Gasteiger partial charge in [0.25, 0.3) is 0 Å². The van der Waals surface area contributed by atoms with Gasteiger partial charge in [0.15, 0.2) is 0 Å². The van der Waals surface area contributed by atoms with Crippen LogP contribution in [0.4, 0.5) is 0 Å². The minimum Gasteiger partial charge on any atom is -0.0622 e. The van der Waals surface area contributed by atoms with Gasteiger partial charge in [0.05, 0.1) is 5.41 Å². The zero-order valence-electron chi connectivity index (χ0n) is 34.6. The van der Waals surface area contributed by atoms with Crippen LogP contribution in [0, 0.1) is 0 Å². The fourth-order valence-corrected chi connectivity index (χ4v) is 11.1. The molecule has 0 atom stereocenters. The number of fused-ring (bicyclic) bond motifs is 3. The average Bonchev–Trinajstić information content (AvgIpc) is 3.67. The molecule has 0 spiro atoms. The average molecular weight is 797 g/mol. The molecule has 0 heterocycles. The van der Waals surface area contributed by atoms with Crippen molar-refractivity contribution in [3.05, 3.63) is 265 Å². The third kappa shape index (κ3) is 5.35.